The van der Waals surface area contributed by atoms with Crippen LogP contribution < -0.4 is 4.84 Å². The molecule has 0 aromatic heterocycles. The van der Waals surface area contributed by atoms with Gasteiger partial charge in [-0.25, -0.2) is 0 Å². The Morgan fingerprint density at radius 3 is 2.41 bits per heavy atom. The van der Waals surface area contributed by atoms with Gasteiger partial charge in [0.25, 0.3) is 11.0 Å². The summed E-state index contributed by atoms with van der Waals surface area (Å²) in [5.41, 5.74) is -0.937. The second-order valence-electron chi connectivity index (χ2n) is 2.90. The maximum Gasteiger partial charge on any atom is 0.321 e. The topological polar surface area (TPSA) is 111 Å². The molecule has 0 radical (unpaired) electrons. The standard InChI is InChI=1S/C7H3ClN4O5/c8-7-9-10(7)17-6-2-1-4(11(13)14)3-5(6)12(15)16/h1-3H. The molecule has 0 fully saturated rings. The van der Waals surface area contributed by atoms with Gasteiger partial charge >= 0.3 is 5.69 Å². The first kappa shape index (κ1) is 11.1. The van der Waals surface area contributed by atoms with E-state index in [1.54, 1.807) is 0 Å². The zero-order chi connectivity index (χ0) is 12.6. The summed E-state index contributed by atoms with van der Waals surface area (Å²) in [5, 5.41) is 25.5. The molecule has 0 amide bonds. The van der Waals surface area contributed by atoms with Crippen LogP contribution in [-0.4, -0.2) is 20.3 Å². The lowest BCUT2D eigenvalue weighted by molar-refractivity contribution is -0.395. The van der Waals surface area contributed by atoms with Gasteiger partial charge in [-0.2, -0.15) is 0 Å². The lowest BCUT2D eigenvalue weighted by Gasteiger charge is -2.03. The zero-order valence-electron chi connectivity index (χ0n) is 7.94. The molecule has 88 valence electrons. The summed E-state index contributed by atoms with van der Waals surface area (Å²) in [4.78, 5) is 24.5. The van der Waals surface area contributed by atoms with Gasteiger partial charge in [-0.3, -0.25) is 20.2 Å². The predicted octanol–water partition coefficient (Wildman–Crippen LogP) is 1.62. The molecule has 0 spiro atoms. The molecule has 1 aliphatic heterocycles. The molecule has 0 unspecified atom stereocenters. The number of nitro benzene ring substituents is 2. The van der Waals surface area contributed by atoms with Crippen LogP contribution in [-0.2, 0) is 0 Å². The monoisotopic (exact) mass is 258 g/mol. The summed E-state index contributed by atoms with van der Waals surface area (Å²) in [6, 6.07) is 2.99. The van der Waals surface area contributed by atoms with Crippen LogP contribution in [0.3, 0.4) is 0 Å². The average molecular weight is 259 g/mol. The highest BCUT2D eigenvalue weighted by molar-refractivity contribution is 6.67. The summed E-state index contributed by atoms with van der Waals surface area (Å²) in [6.07, 6.45) is 0. The van der Waals surface area contributed by atoms with Crippen molar-refractivity contribution in [2.45, 2.75) is 0 Å². The van der Waals surface area contributed by atoms with Gasteiger partial charge in [-0.1, -0.05) is 10.3 Å². The van der Waals surface area contributed by atoms with Crippen molar-refractivity contribution >= 4 is 28.3 Å². The second-order valence-corrected chi connectivity index (χ2v) is 3.24. The van der Waals surface area contributed by atoms with Crippen molar-refractivity contribution < 1.29 is 14.7 Å². The maximum atomic E-state index is 10.7. The van der Waals surface area contributed by atoms with Gasteiger partial charge in [0.05, 0.1) is 15.9 Å². The molecule has 1 aromatic carbocycles. The fraction of sp³-hybridized carbons (Fsp3) is 0. The number of nitrogens with zero attached hydrogens (tertiary/aromatic N) is 4. The number of hydrazone groups is 1. The van der Waals surface area contributed by atoms with E-state index in [4.69, 9.17) is 16.4 Å². The Kier molecular flexibility index (Phi) is 2.52. The molecule has 1 heterocycles. The third-order valence-corrected chi connectivity index (χ3v) is 2.05. The van der Waals surface area contributed by atoms with E-state index in [9.17, 15) is 20.2 Å². The fourth-order valence-corrected chi connectivity index (χ4v) is 1.15. The van der Waals surface area contributed by atoms with E-state index in [-0.39, 0.29) is 11.0 Å². The number of non-ortho nitro benzene ring substituents is 1. The van der Waals surface area contributed by atoms with Crippen LogP contribution in [0.1, 0.15) is 0 Å². The molecule has 10 heteroatoms. The Morgan fingerprint density at radius 2 is 1.94 bits per heavy atom. The number of rotatable bonds is 4. The predicted molar refractivity (Wildman–Crippen MR) is 55.5 cm³/mol. The van der Waals surface area contributed by atoms with Crippen LogP contribution in [0.25, 0.3) is 0 Å². The first-order valence-corrected chi connectivity index (χ1v) is 4.52. The van der Waals surface area contributed by atoms with E-state index in [2.05, 4.69) is 5.10 Å². The number of benzene rings is 1. The third-order valence-electron chi connectivity index (χ3n) is 1.83. The van der Waals surface area contributed by atoms with Crippen LogP contribution in [0.2, 0.25) is 0 Å². The summed E-state index contributed by atoms with van der Waals surface area (Å²) in [6.45, 7) is 0. The largest absolute Gasteiger partial charge is 0.348 e. The molecule has 0 saturated carbocycles. The van der Waals surface area contributed by atoms with Gasteiger partial charge in [0.15, 0.2) is 0 Å². The van der Waals surface area contributed by atoms with Crippen molar-refractivity contribution in [2.24, 2.45) is 5.10 Å². The zero-order valence-corrected chi connectivity index (χ0v) is 8.70. The van der Waals surface area contributed by atoms with E-state index in [0.717, 1.165) is 23.4 Å². The van der Waals surface area contributed by atoms with Gasteiger partial charge in [0.2, 0.25) is 5.75 Å². The first-order valence-electron chi connectivity index (χ1n) is 4.14. The Hall–Kier alpha value is -2.42. The van der Waals surface area contributed by atoms with Crippen LogP contribution in [0.5, 0.6) is 5.75 Å². The van der Waals surface area contributed by atoms with Crippen molar-refractivity contribution in [2.75, 3.05) is 0 Å². The highest BCUT2D eigenvalue weighted by Gasteiger charge is 2.29. The number of hydrogen-bond donors (Lipinski definition) is 0. The first-order chi connectivity index (χ1) is 7.99. The maximum absolute atomic E-state index is 10.7. The lowest BCUT2D eigenvalue weighted by atomic mass is 10.2. The van der Waals surface area contributed by atoms with Crippen molar-refractivity contribution in [3.63, 3.8) is 0 Å². The Morgan fingerprint density at radius 1 is 1.29 bits per heavy atom. The Balaban J connectivity index is 2.31. The normalized spacial score (nSPS) is 13.0. The number of hydroxylamine groups is 1. The molecule has 0 bridgehead atoms. The average Bonchev–Trinajstić information content (AvgIpc) is 2.94. The minimum Gasteiger partial charge on any atom is -0.348 e. The molecule has 9 nitrogen and oxygen atoms in total. The second kappa shape index (κ2) is 3.87. The molecular formula is C7H3ClN4O5. The summed E-state index contributed by atoms with van der Waals surface area (Å²) in [5.74, 6) is -0.181. The SMILES string of the molecule is O=[N+]([O-])c1ccc(ON2N=C2Cl)c([N+](=O)[O-])c1. The van der Waals surface area contributed by atoms with Gasteiger partial charge in [0, 0.05) is 6.07 Å². The van der Waals surface area contributed by atoms with Crippen LogP contribution >= 0.6 is 11.6 Å². The molecular weight excluding hydrogens is 256 g/mol. The molecule has 1 aliphatic rings. The molecule has 2 rings (SSSR count). The molecule has 1 aromatic rings. The fourth-order valence-electron chi connectivity index (χ4n) is 1.04. The molecule has 0 saturated heterocycles. The minimum atomic E-state index is -0.792. The van der Waals surface area contributed by atoms with Gasteiger partial charge in [0.1, 0.15) is 0 Å². The molecule has 0 aliphatic carbocycles. The van der Waals surface area contributed by atoms with E-state index < -0.39 is 21.2 Å². The number of nitro groups is 2. The quantitative estimate of drug-likeness (QED) is 0.461. The summed E-state index contributed by atoms with van der Waals surface area (Å²) < 4.78 is 0. The van der Waals surface area contributed by atoms with Gasteiger partial charge in [-0.05, 0) is 17.7 Å². The van der Waals surface area contributed by atoms with Crippen molar-refractivity contribution in [3.05, 3.63) is 38.4 Å². The van der Waals surface area contributed by atoms with Gasteiger partial charge < -0.3 is 4.84 Å². The van der Waals surface area contributed by atoms with Gasteiger partial charge in [-0.15, -0.1) is 0 Å². The summed E-state index contributed by atoms with van der Waals surface area (Å²) >= 11 is 5.39. The van der Waals surface area contributed by atoms with Crippen molar-refractivity contribution in [3.8, 4) is 5.75 Å². The van der Waals surface area contributed by atoms with Crippen LogP contribution in [0, 0.1) is 20.2 Å². The van der Waals surface area contributed by atoms with Crippen LogP contribution in [0.4, 0.5) is 11.4 Å². The molecule has 0 atom stereocenters. The highest BCUT2D eigenvalue weighted by atomic mass is 35.5. The number of hydrogen-bond acceptors (Lipinski definition) is 7. The highest BCUT2D eigenvalue weighted by Crippen LogP contribution is 2.33. The number of halogens is 1. The number of amidine groups is 1. The van der Waals surface area contributed by atoms with E-state index >= 15 is 0 Å². The summed E-state index contributed by atoms with van der Waals surface area (Å²) in [7, 11) is 0. The van der Waals surface area contributed by atoms with Crippen LogP contribution in [0.15, 0.2) is 23.3 Å². The molecule has 17 heavy (non-hydrogen) atoms. The van der Waals surface area contributed by atoms with E-state index in [1.807, 2.05) is 0 Å². The Bertz CT molecular complexity index is 545. The lowest BCUT2D eigenvalue weighted by Crippen LogP contribution is -2.08. The van der Waals surface area contributed by atoms with Crippen molar-refractivity contribution in [1.29, 1.82) is 0 Å². The third kappa shape index (κ3) is 2.23. The molecule has 0 N–H and O–H groups in total. The minimum absolute atomic E-state index is 0.0395. The Labute approximate surface area is 98.1 Å². The van der Waals surface area contributed by atoms with E-state index in [1.165, 1.54) is 0 Å². The van der Waals surface area contributed by atoms with Crippen molar-refractivity contribution in [1.82, 2.24) is 5.17 Å². The smallest absolute Gasteiger partial charge is 0.321 e. The van der Waals surface area contributed by atoms with E-state index in [0.29, 0.717) is 0 Å².